The molecule has 6 heteroatoms. The van der Waals surface area contributed by atoms with Crippen molar-refractivity contribution in [2.75, 3.05) is 0 Å². The summed E-state index contributed by atoms with van der Waals surface area (Å²) in [6, 6.07) is 11.2. The third-order valence-corrected chi connectivity index (χ3v) is 4.41. The molecule has 0 radical (unpaired) electrons. The predicted octanol–water partition coefficient (Wildman–Crippen LogP) is 3.86. The molecule has 1 atom stereocenters. The van der Waals surface area contributed by atoms with Crippen LogP contribution >= 0.6 is 23.2 Å². The molecule has 0 unspecified atom stereocenters. The van der Waals surface area contributed by atoms with E-state index in [0.29, 0.717) is 22.2 Å². The van der Waals surface area contributed by atoms with E-state index in [-0.39, 0.29) is 0 Å². The fourth-order valence-electron chi connectivity index (χ4n) is 2.48. The van der Waals surface area contributed by atoms with Crippen LogP contribution in [0.4, 0.5) is 0 Å². The summed E-state index contributed by atoms with van der Waals surface area (Å²) in [6.07, 6.45) is 0.571. The second kappa shape index (κ2) is 6.16. The first-order chi connectivity index (χ1) is 10.6. The number of carbonyl (C=O) groups excluding carboxylic acids is 1. The molecule has 3 rings (SSSR count). The maximum Gasteiger partial charge on any atom is 0.284 e. The summed E-state index contributed by atoms with van der Waals surface area (Å²) < 4.78 is 5.67. The molecule has 0 spiro atoms. The Morgan fingerprint density at radius 2 is 1.86 bits per heavy atom. The van der Waals surface area contributed by atoms with Crippen molar-refractivity contribution in [3.8, 4) is 16.9 Å². The molecule has 2 N–H and O–H groups in total. The highest BCUT2D eigenvalue weighted by Gasteiger charge is 2.26. The van der Waals surface area contributed by atoms with Crippen LogP contribution in [0.3, 0.4) is 0 Å². The molecule has 0 fully saturated rings. The lowest BCUT2D eigenvalue weighted by molar-refractivity contribution is -0.137. The van der Waals surface area contributed by atoms with Crippen molar-refractivity contribution in [1.29, 1.82) is 0 Å². The molecule has 0 saturated carbocycles. The number of hydrogen-bond donors (Lipinski definition) is 2. The molecule has 0 saturated heterocycles. The fraction of sp³-hybridized carbons (Fsp3) is 0.188. The Kier molecular flexibility index (Phi) is 4.25. The Labute approximate surface area is 137 Å². The third-order valence-electron chi connectivity index (χ3n) is 3.67. The first-order valence-corrected chi connectivity index (χ1v) is 7.53. The topological polar surface area (TPSA) is 58.6 Å². The minimum atomic E-state index is -0.679. The van der Waals surface area contributed by atoms with Gasteiger partial charge in [0.05, 0.1) is 10.0 Å². The van der Waals surface area contributed by atoms with E-state index in [4.69, 9.17) is 33.1 Å². The van der Waals surface area contributed by atoms with E-state index < -0.39 is 12.0 Å². The molecular weight excluding hydrogens is 325 g/mol. The molecule has 2 aromatic carbocycles. The summed E-state index contributed by atoms with van der Waals surface area (Å²) in [5.41, 5.74) is 4.49. The molecule has 0 bridgehead atoms. The third kappa shape index (κ3) is 2.90. The largest absolute Gasteiger partial charge is 0.480 e. The van der Waals surface area contributed by atoms with E-state index in [0.717, 1.165) is 23.1 Å². The number of benzene rings is 2. The lowest BCUT2D eigenvalue weighted by Gasteiger charge is -2.25. The molecule has 1 amide bonds. The summed E-state index contributed by atoms with van der Waals surface area (Å²) in [5.74, 6) is 0.106. The van der Waals surface area contributed by atoms with E-state index in [1.54, 1.807) is 17.6 Å². The lowest BCUT2D eigenvalue weighted by Crippen LogP contribution is -2.38. The number of aryl methyl sites for hydroxylation is 1. The summed E-state index contributed by atoms with van der Waals surface area (Å²) >= 11 is 12.0. The van der Waals surface area contributed by atoms with Crippen molar-refractivity contribution in [3.05, 3.63) is 52.0 Å². The van der Waals surface area contributed by atoms with Crippen LogP contribution in [-0.2, 0) is 11.2 Å². The number of fused-ring (bicyclic) bond motifs is 1. The maximum atomic E-state index is 11.5. The summed E-state index contributed by atoms with van der Waals surface area (Å²) in [6.45, 7) is 0. The smallest absolute Gasteiger partial charge is 0.284 e. The molecule has 1 heterocycles. The van der Waals surface area contributed by atoms with Crippen LogP contribution in [0.25, 0.3) is 11.1 Å². The summed E-state index contributed by atoms with van der Waals surface area (Å²) in [7, 11) is 0. The van der Waals surface area contributed by atoms with Gasteiger partial charge in [-0.25, -0.2) is 5.48 Å². The molecule has 0 aromatic heterocycles. The van der Waals surface area contributed by atoms with Crippen LogP contribution in [0, 0.1) is 0 Å². The second-order valence-corrected chi connectivity index (χ2v) is 5.89. The minimum absolute atomic E-state index is 0.482. The number of amides is 1. The van der Waals surface area contributed by atoms with Crippen LogP contribution in [0.2, 0.25) is 10.0 Å². The Balaban J connectivity index is 1.93. The monoisotopic (exact) mass is 337 g/mol. The average molecular weight is 338 g/mol. The average Bonchev–Trinajstić information content (AvgIpc) is 2.55. The van der Waals surface area contributed by atoms with Gasteiger partial charge in [0, 0.05) is 0 Å². The van der Waals surface area contributed by atoms with Gasteiger partial charge in [-0.15, -0.1) is 0 Å². The van der Waals surface area contributed by atoms with Crippen molar-refractivity contribution in [1.82, 2.24) is 5.48 Å². The van der Waals surface area contributed by atoms with Crippen molar-refractivity contribution in [3.63, 3.8) is 0 Å². The van der Waals surface area contributed by atoms with E-state index in [9.17, 15) is 4.79 Å². The van der Waals surface area contributed by atoms with Gasteiger partial charge in [-0.2, -0.15) is 0 Å². The van der Waals surface area contributed by atoms with E-state index in [1.165, 1.54) is 0 Å². The molecule has 0 aliphatic carbocycles. The van der Waals surface area contributed by atoms with Gasteiger partial charge in [0.1, 0.15) is 5.75 Å². The minimum Gasteiger partial charge on any atom is -0.480 e. The van der Waals surface area contributed by atoms with Gasteiger partial charge >= 0.3 is 0 Å². The van der Waals surface area contributed by atoms with Crippen LogP contribution in [-0.4, -0.2) is 17.2 Å². The van der Waals surface area contributed by atoms with Crippen molar-refractivity contribution < 1.29 is 14.7 Å². The van der Waals surface area contributed by atoms with Crippen LogP contribution in [0.1, 0.15) is 12.0 Å². The molecular formula is C16H13Cl2NO3. The SMILES string of the molecule is O=C(NO)[C@@H]1CCc2ccc(-c3ccc(Cl)c(Cl)c3)cc2O1. The van der Waals surface area contributed by atoms with Gasteiger partial charge < -0.3 is 4.74 Å². The van der Waals surface area contributed by atoms with Gasteiger partial charge in [-0.05, 0) is 47.7 Å². The van der Waals surface area contributed by atoms with Gasteiger partial charge in [0.15, 0.2) is 6.10 Å². The number of nitrogens with one attached hydrogen (secondary N) is 1. The number of rotatable bonds is 2. The summed E-state index contributed by atoms with van der Waals surface area (Å²) in [4.78, 5) is 11.5. The highest BCUT2D eigenvalue weighted by atomic mass is 35.5. The second-order valence-electron chi connectivity index (χ2n) is 5.07. The molecule has 1 aliphatic heterocycles. The van der Waals surface area contributed by atoms with Gasteiger partial charge in [-0.1, -0.05) is 41.4 Å². The fourth-order valence-corrected chi connectivity index (χ4v) is 2.78. The van der Waals surface area contributed by atoms with Crippen LogP contribution < -0.4 is 10.2 Å². The highest BCUT2D eigenvalue weighted by Crippen LogP contribution is 2.34. The van der Waals surface area contributed by atoms with E-state index in [1.807, 2.05) is 24.3 Å². The zero-order valence-electron chi connectivity index (χ0n) is 11.5. The Bertz CT molecular complexity index is 733. The number of hydrogen-bond acceptors (Lipinski definition) is 3. The standard InChI is InChI=1S/C16H13Cl2NO3/c17-12-5-3-10(7-13(12)18)11-2-1-9-4-6-14(16(20)19-21)22-15(9)8-11/h1-3,5,7-8,14,21H,4,6H2,(H,19,20)/t14-/m0/s1. The molecule has 114 valence electrons. The number of carbonyl (C=O) groups is 1. The van der Waals surface area contributed by atoms with Crippen molar-refractivity contribution >= 4 is 29.1 Å². The predicted molar refractivity (Wildman–Crippen MR) is 84.6 cm³/mol. The van der Waals surface area contributed by atoms with E-state index >= 15 is 0 Å². The van der Waals surface area contributed by atoms with Crippen molar-refractivity contribution in [2.45, 2.75) is 18.9 Å². The molecule has 1 aliphatic rings. The maximum absolute atomic E-state index is 11.5. The van der Waals surface area contributed by atoms with Crippen LogP contribution in [0.15, 0.2) is 36.4 Å². The Morgan fingerprint density at radius 3 is 2.59 bits per heavy atom. The number of hydroxylamine groups is 1. The highest BCUT2D eigenvalue weighted by molar-refractivity contribution is 6.42. The normalized spacial score (nSPS) is 16.6. The first-order valence-electron chi connectivity index (χ1n) is 6.77. The number of ether oxygens (including phenoxy) is 1. The zero-order valence-corrected chi connectivity index (χ0v) is 13.0. The van der Waals surface area contributed by atoms with Gasteiger partial charge in [0.25, 0.3) is 5.91 Å². The van der Waals surface area contributed by atoms with Crippen molar-refractivity contribution in [2.24, 2.45) is 0 Å². The first kappa shape index (κ1) is 15.2. The molecule has 4 nitrogen and oxygen atoms in total. The summed E-state index contributed by atoms with van der Waals surface area (Å²) in [5, 5.41) is 9.70. The van der Waals surface area contributed by atoms with Gasteiger partial charge in [0.2, 0.25) is 0 Å². The molecule has 2 aromatic rings. The van der Waals surface area contributed by atoms with Gasteiger partial charge in [-0.3, -0.25) is 10.0 Å². The van der Waals surface area contributed by atoms with Crippen LogP contribution in [0.5, 0.6) is 5.75 Å². The lowest BCUT2D eigenvalue weighted by atomic mass is 9.97. The Morgan fingerprint density at radius 1 is 1.14 bits per heavy atom. The quantitative estimate of drug-likeness (QED) is 0.646. The molecule has 22 heavy (non-hydrogen) atoms. The zero-order chi connectivity index (χ0) is 15.7. The number of halogens is 2. The Hall–Kier alpha value is -1.75. The van der Waals surface area contributed by atoms with E-state index in [2.05, 4.69) is 0 Å².